The Hall–Kier alpha value is -6.59. The Kier molecular flexibility index (Phi) is 5.81. The average Bonchev–Trinajstić information content (AvgIpc) is 3.75. The molecule has 0 aliphatic carbocycles. The zero-order chi connectivity index (χ0) is 31.6. The summed E-state index contributed by atoms with van der Waals surface area (Å²) in [6.45, 7) is 0. The molecule has 0 saturated heterocycles. The van der Waals surface area contributed by atoms with Crippen LogP contribution in [0.3, 0.4) is 0 Å². The molecular weight excluding hydrogens is 590 g/mol. The molecule has 3 aromatic heterocycles. The molecular formula is C43H25N3O2. The van der Waals surface area contributed by atoms with E-state index in [1.165, 1.54) is 0 Å². The summed E-state index contributed by atoms with van der Waals surface area (Å²) in [5, 5.41) is 6.45. The smallest absolute Gasteiger partial charge is 0.164 e. The number of furan rings is 2. The molecule has 0 unspecified atom stereocenters. The normalized spacial score (nSPS) is 11.8. The topological polar surface area (TPSA) is 65.0 Å². The van der Waals surface area contributed by atoms with Crippen LogP contribution in [0.2, 0.25) is 0 Å². The van der Waals surface area contributed by atoms with Crippen LogP contribution < -0.4 is 0 Å². The largest absolute Gasteiger partial charge is 0.455 e. The van der Waals surface area contributed by atoms with Crippen molar-refractivity contribution in [2.45, 2.75) is 0 Å². The second-order valence-electron chi connectivity index (χ2n) is 12.0. The van der Waals surface area contributed by atoms with Gasteiger partial charge in [0, 0.05) is 43.8 Å². The number of fused-ring (bicyclic) bond motifs is 10. The van der Waals surface area contributed by atoms with Crippen LogP contribution in [0.15, 0.2) is 160 Å². The molecule has 10 aromatic rings. The standard InChI is InChI=1S/C43H25N3O2/c1-3-12-27(13-4-1)41-44-42(28-14-5-2-6-15-28)46-43(45-41)29-24-22-26(23-25-29)30-19-11-20-34-37-39(48-38(30)34)32-17-8-7-16-31(32)36-33-18-9-10-21-35(33)47-40(36)37/h1-25H. The number of hydrogen-bond donors (Lipinski definition) is 0. The van der Waals surface area contributed by atoms with Crippen LogP contribution in [0.5, 0.6) is 0 Å². The van der Waals surface area contributed by atoms with E-state index >= 15 is 0 Å². The first-order valence-electron chi connectivity index (χ1n) is 15.9. The number of hydrogen-bond acceptors (Lipinski definition) is 5. The first kappa shape index (κ1) is 26.6. The van der Waals surface area contributed by atoms with Gasteiger partial charge in [-0.2, -0.15) is 0 Å². The van der Waals surface area contributed by atoms with Gasteiger partial charge in [0.15, 0.2) is 17.5 Å². The third-order valence-electron chi connectivity index (χ3n) is 9.13. The van der Waals surface area contributed by atoms with Gasteiger partial charge in [-0.15, -0.1) is 0 Å². The quantitative estimate of drug-likeness (QED) is 0.197. The van der Waals surface area contributed by atoms with Crippen LogP contribution >= 0.6 is 0 Å². The third-order valence-corrected chi connectivity index (χ3v) is 9.13. The van der Waals surface area contributed by atoms with Crippen LogP contribution in [0.4, 0.5) is 0 Å². The first-order chi connectivity index (χ1) is 23.8. The summed E-state index contributed by atoms with van der Waals surface area (Å²) < 4.78 is 13.4. The fraction of sp³-hybridized carbons (Fsp3) is 0. The minimum Gasteiger partial charge on any atom is -0.455 e. The minimum atomic E-state index is 0.620. The first-order valence-corrected chi connectivity index (χ1v) is 15.9. The van der Waals surface area contributed by atoms with E-state index in [9.17, 15) is 0 Å². The summed E-state index contributed by atoms with van der Waals surface area (Å²) in [4.78, 5) is 14.6. The van der Waals surface area contributed by atoms with Crippen molar-refractivity contribution < 1.29 is 8.83 Å². The maximum Gasteiger partial charge on any atom is 0.164 e. The van der Waals surface area contributed by atoms with E-state index in [0.717, 1.165) is 82.5 Å². The predicted octanol–water partition coefficient (Wildman–Crippen LogP) is 11.5. The van der Waals surface area contributed by atoms with Crippen molar-refractivity contribution in [1.82, 2.24) is 15.0 Å². The summed E-state index contributed by atoms with van der Waals surface area (Å²) >= 11 is 0. The zero-order valence-electron chi connectivity index (χ0n) is 25.6. The maximum absolute atomic E-state index is 6.81. The number of aromatic nitrogens is 3. The summed E-state index contributed by atoms with van der Waals surface area (Å²) in [6.07, 6.45) is 0. The minimum absolute atomic E-state index is 0.620. The van der Waals surface area contributed by atoms with E-state index in [1.807, 2.05) is 72.8 Å². The van der Waals surface area contributed by atoms with Crippen LogP contribution in [0, 0.1) is 0 Å². The zero-order valence-corrected chi connectivity index (χ0v) is 25.6. The van der Waals surface area contributed by atoms with Gasteiger partial charge in [-0.3, -0.25) is 0 Å². The average molecular weight is 616 g/mol. The molecule has 0 N–H and O–H groups in total. The Labute approximate surface area is 274 Å². The van der Waals surface area contributed by atoms with Crippen molar-refractivity contribution in [3.63, 3.8) is 0 Å². The lowest BCUT2D eigenvalue weighted by molar-refractivity contribution is 0.666. The van der Waals surface area contributed by atoms with Crippen molar-refractivity contribution >= 4 is 54.6 Å². The van der Waals surface area contributed by atoms with Crippen LogP contribution in [-0.2, 0) is 0 Å². The number of rotatable bonds is 4. The van der Waals surface area contributed by atoms with E-state index in [0.29, 0.717) is 17.5 Å². The number of benzene rings is 7. The molecule has 5 heteroatoms. The number of para-hydroxylation sites is 2. The molecule has 7 aromatic carbocycles. The Bertz CT molecular complexity index is 2760. The van der Waals surface area contributed by atoms with E-state index in [-0.39, 0.29) is 0 Å². The van der Waals surface area contributed by atoms with E-state index in [2.05, 4.69) is 78.9 Å². The summed E-state index contributed by atoms with van der Waals surface area (Å²) in [7, 11) is 0. The van der Waals surface area contributed by atoms with Gasteiger partial charge in [0.25, 0.3) is 0 Å². The van der Waals surface area contributed by atoms with E-state index in [1.54, 1.807) is 0 Å². The Morgan fingerprint density at radius 1 is 0.312 bits per heavy atom. The molecule has 0 aliphatic heterocycles. The molecule has 0 radical (unpaired) electrons. The highest BCUT2D eigenvalue weighted by Crippen LogP contribution is 2.46. The molecule has 0 aliphatic rings. The van der Waals surface area contributed by atoms with Crippen LogP contribution in [0.25, 0.3) is 99.9 Å². The molecule has 0 saturated carbocycles. The highest BCUT2D eigenvalue weighted by molar-refractivity contribution is 6.34. The molecule has 3 heterocycles. The highest BCUT2D eigenvalue weighted by atomic mass is 16.3. The lowest BCUT2D eigenvalue weighted by Crippen LogP contribution is -2.00. The van der Waals surface area contributed by atoms with Gasteiger partial charge < -0.3 is 8.83 Å². The van der Waals surface area contributed by atoms with Crippen LogP contribution in [0.1, 0.15) is 0 Å². The van der Waals surface area contributed by atoms with Crippen molar-refractivity contribution in [2.75, 3.05) is 0 Å². The fourth-order valence-corrected chi connectivity index (χ4v) is 6.89. The molecule has 0 fully saturated rings. The monoisotopic (exact) mass is 615 g/mol. The Balaban J connectivity index is 1.14. The Morgan fingerprint density at radius 2 is 0.833 bits per heavy atom. The molecule has 0 atom stereocenters. The van der Waals surface area contributed by atoms with Gasteiger partial charge in [-0.1, -0.05) is 146 Å². The molecule has 0 bridgehead atoms. The summed E-state index contributed by atoms with van der Waals surface area (Å²) in [6, 6.07) is 51.4. The van der Waals surface area contributed by atoms with Crippen molar-refractivity contribution in [3.05, 3.63) is 152 Å². The van der Waals surface area contributed by atoms with Gasteiger partial charge in [0.1, 0.15) is 22.3 Å². The van der Waals surface area contributed by atoms with Crippen molar-refractivity contribution in [2.24, 2.45) is 0 Å². The predicted molar refractivity (Wildman–Crippen MR) is 194 cm³/mol. The van der Waals surface area contributed by atoms with Gasteiger partial charge in [-0.05, 0) is 17.0 Å². The molecule has 0 spiro atoms. The fourth-order valence-electron chi connectivity index (χ4n) is 6.89. The lowest BCUT2D eigenvalue weighted by atomic mass is 9.98. The van der Waals surface area contributed by atoms with E-state index in [4.69, 9.17) is 23.8 Å². The number of nitrogens with zero attached hydrogens (tertiary/aromatic N) is 3. The second-order valence-corrected chi connectivity index (χ2v) is 12.0. The third kappa shape index (κ3) is 4.08. The SMILES string of the molecule is c1ccc(-c2nc(-c3ccccc3)nc(-c3ccc(-c4cccc5c4oc4c6ccccc6c6c7ccccc7oc6c54)cc3)n2)cc1. The van der Waals surface area contributed by atoms with Gasteiger partial charge in [-0.25, -0.2) is 15.0 Å². The second kappa shape index (κ2) is 10.5. The maximum atomic E-state index is 6.81. The molecule has 224 valence electrons. The lowest BCUT2D eigenvalue weighted by Gasteiger charge is -2.09. The van der Waals surface area contributed by atoms with Crippen molar-refractivity contribution in [3.8, 4) is 45.3 Å². The highest BCUT2D eigenvalue weighted by Gasteiger charge is 2.22. The van der Waals surface area contributed by atoms with Crippen LogP contribution in [-0.4, -0.2) is 15.0 Å². The van der Waals surface area contributed by atoms with Crippen molar-refractivity contribution in [1.29, 1.82) is 0 Å². The van der Waals surface area contributed by atoms with E-state index < -0.39 is 0 Å². The molecule has 0 amide bonds. The summed E-state index contributed by atoms with van der Waals surface area (Å²) in [5.74, 6) is 1.90. The summed E-state index contributed by atoms with van der Waals surface area (Å²) in [5.41, 5.74) is 8.23. The molecule has 48 heavy (non-hydrogen) atoms. The Morgan fingerprint density at radius 3 is 1.50 bits per heavy atom. The van der Waals surface area contributed by atoms with Gasteiger partial charge >= 0.3 is 0 Å². The van der Waals surface area contributed by atoms with Gasteiger partial charge in [0.2, 0.25) is 0 Å². The van der Waals surface area contributed by atoms with Gasteiger partial charge in [0.05, 0.1) is 5.39 Å². The molecule has 5 nitrogen and oxygen atoms in total. The molecule has 10 rings (SSSR count).